The lowest BCUT2D eigenvalue weighted by Crippen LogP contribution is -2.23. The Morgan fingerprint density at radius 1 is 1.07 bits per heavy atom. The Hall–Kier alpha value is -2.51. The quantitative estimate of drug-likeness (QED) is 0.672. The van der Waals surface area contributed by atoms with E-state index >= 15 is 0 Å². The third kappa shape index (κ3) is 4.81. The van der Waals surface area contributed by atoms with Crippen molar-refractivity contribution in [3.05, 3.63) is 77.9 Å². The van der Waals surface area contributed by atoms with Crippen molar-refractivity contribution >= 4 is 10.0 Å². The molecule has 0 aliphatic carbocycles. The van der Waals surface area contributed by atoms with Crippen LogP contribution in [0.5, 0.6) is 0 Å². The van der Waals surface area contributed by atoms with Gasteiger partial charge < -0.3 is 0 Å². The second-order valence-corrected chi connectivity index (χ2v) is 8.52. The Labute approximate surface area is 158 Å². The number of benzene rings is 2. The summed E-state index contributed by atoms with van der Waals surface area (Å²) in [4.78, 5) is 0.213. The number of rotatable bonds is 7. The van der Waals surface area contributed by atoms with Gasteiger partial charge in [-0.25, -0.2) is 22.2 Å². The summed E-state index contributed by atoms with van der Waals surface area (Å²) < 4.78 is 42.3. The van der Waals surface area contributed by atoms with Crippen molar-refractivity contribution in [3.63, 3.8) is 0 Å². The van der Waals surface area contributed by atoms with E-state index in [4.69, 9.17) is 0 Å². The van der Waals surface area contributed by atoms with Gasteiger partial charge in [0.2, 0.25) is 10.0 Å². The van der Waals surface area contributed by atoms with Gasteiger partial charge in [-0.05, 0) is 54.8 Å². The van der Waals surface area contributed by atoms with E-state index in [1.807, 2.05) is 6.07 Å². The molecular formula is C20H22FN3O2S. The largest absolute Gasteiger partial charge is 0.240 e. The molecule has 1 aromatic heterocycles. The van der Waals surface area contributed by atoms with Crippen molar-refractivity contribution in [3.8, 4) is 5.69 Å². The molecule has 0 unspecified atom stereocenters. The van der Waals surface area contributed by atoms with E-state index in [1.165, 1.54) is 12.1 Å². The van der Waals surface area contributed by atoms with E-state index in [1.54, 1.807) is 47.1 Å². The van der Waals surface area contributed by atoms with E-state index in [9.17, 15) is 12.8 Å². The van der Waals surface area contributed by atoms with Crippen LogP contribution in [-0.4, -0.2) is 18.2 Å². The lowest BCUT2D eigenvalue weighted by atomic mass is 10.1. The number of halogens is 1. The first-order valence-corrected chi connectivity index (χ1v) is 10.2. The minimum absolute atomic E-state index is 0.0799. The van der Waals surface area contributed by atoms with Crippen molar-refractivity contribution in [2.45, 2.75) is 31.7 Å². The molecule has 1 heterocycles. The van der Waals surface area contributed by atoms with Crippen LogP contribution in [0, 0.1) is 11.7 Å². The van der Waals surface area contributed by atoms with Gasteiger partial charge in [0.15, 0.2) is 0 Å². The average Bonchev–Trinajstić information content (AvgIpc) is 3.03. The number of nitrogens with one attached hydrogen (secondary N) is 1. The predicted molar refractivity (Wildman–Crippen MR) is 103 cm³/mol. The molecule has 7 heteroatoms. The van der Waals surface area contributed by atoms with Gasteiger partial charge >= 0.3 is 0 Å². The van der Waals surface area contributed by atoms with Crippen molar-refractivity contribution in [1.82, 2.24) is 14.5 Å². The highest BCUT2D eigenvalue weighted by molar-refractivity contribution is 7.89. The molecule has 0 aliphatic rings. The minimum atomic E-state index is -3.60. The molecule has 27 heavy (non-hydrogen) atoms. The normalized spacial score (nSPS) is 11.9. The van der Waals surface area contributed by atoms with E-state index < -0.39 is 10.0 Å². The summed E-state index contributed by atoms with van der Waals surface area (Å²) in [5.41, 5.74) is 2.30. The molecule has 0 saturated carbocycles. The van der Waals surface area contributed by atoms with Crippen molar-refractivity contribution in [2.75, 3.05) is 0 Å². The van der Waals surface area contributed by atoms with Gasteiger partial charge in [0.25, 0.3) is 0 Å². The molecule has 0 radical (unpaired) electrons. The molecule has 2 aromatic carbocycles. The first kappa shape index (κ1) is 19.3. The zero-order valence-corrected chi connectivity index (χ0v) is 16.1. The van der Waals surface area contributed by atoms with Gasteiger partial charge in [0, 0.05) is 5.69 Å². The lowest BCUT2D eigenvalue weighted by molar-refractivity contribution is 0.580. The van der Waals surface area contributed by atoms with Crippen LogP contribution in [0.1, 0.15) is 25.2 Å². The number of sulfonamides is 1. The molecule has 0 saturated heterocycles. The van der Waals surface area contributed by atoms with Crippen LogP contribution >= 0.6 is 0 Å². The van der Waals surface area contributed by atoms with E-state index in [-0.39, 0.29) is 17.3 Å². The van der Waals surface area contributed by atoms with Gasteiger partial charge in [-0.3, -0.25) is 0 Å². The Bertz CT molecular complexity index is 997. The van der Waals surface area contributed by atoms with Gasteiger partial charge in [-0.2, -0.15) is 5.10 Å². The second kappa shape index (κ2) is 8.02. The summed E-state index contributed by atoms with van der Waals surface area (Å²) in [6, 6.07) is 16.2. The van der Waals surface area contributed by atoms with Gasteiger partial charge in [0.1, 0.15) is 5.82 Å². The summed E-state index contributed by atoms with van der Waals surface area (Å²) in [6.45, 7) is 4.27. The fourth-order valence-corrected chi connectivity index (χ4v) is 3.80. The van der Waals surface area contributed by atoms with Crippen molar-refractivity contribution in [2.24, 2.45) is 5.92 Å². The maximum absolute atomic E-state index is 13.2. The summed E-state index contributed by atoms with van der Waals surface area (Å²) in [6.07, 6.45) is 0.774. The van der Waals surface area contributed by atoms with Crippen molar-refractivity contribution in [1.29, 1.82) is 0 Å². The van der Waals surface area contributed by atoms with Crippen LogP contribution in [0.2, 0.25) is 0 Å². The number of aromatic nitrogens is 2. The molecular weight excluding hydrogens is 365 g/mol. The highest BCUT2D eigenvalue weighted by Crippen LogP contribution is 2.17. The molecule has 0 amide bonds. The third-order valence-corrected chi connectivity index (χ3v) is 5.44. The van der Waals surface area contributed by atoms with Crippen LogP contribution in [0.25, 0.3) is 5.69 Å². The zero-order valence-electron chi connectivity index (χ0n) is 15.3. The molecule has 0 fully saturated rings. The van der Waals surface area contributed by atoms with Crippen LogP contribution in [-0.2, 0) is 23.0 Å². The second-order valence-electron chi connectivity index (χ2n) is 6.75. The highest BCUT2D eigenvalue weighted by atomic mass is 32.2. The lowest BCUT2D eigenvalue weighted by Gasteiger charge is -2.09. The van der Waals surface area contributed by atoms with Gasteiger partial charge in [-0.1, -0.05) is 32.0 Å². The Morgan fingerprint density at radius 2 is 1.74 bits per heavy atom. The molecule has 0 aliphatic heterocycles. The van der Waals surface area contributed by atoms with Crippen molar-refractivity contribution < 1.29 is 12.8 Å². The predicted octanol–water partition coefficient (Wildman–Crippen LogP) is 3.69. The average molecular weight is 387 g/mol. The monoisotopic (exact) mass is 387 g/mol. The maximum atomic E-state index is 13.2. The highest BCUT2D eigenvalue weighted by Gasteiger charge is 2.16. The first-order chi connectivity index (χ1) is 12.8. The Balaban J connectivity index is 1.85. The fourth-order valence-electron chi connectivity index (χ4n) is 2.78. The van der Waals surface area contributed by atoms with Crippen LogP contribution in [0.4, 0.5) is 4.39 Å². The van der Waals surface area contributed by atoms with E-state index in [2.05, 4.69) is 23.7 Å². The van der Waals surface area contributed by atoms with Crippen LogP contribution < -0.4 is 4.72 Å². The van der Waals surface area contributed by atoms with Crippen LogP contribution in [0.3, 0.4) is 0 Å². The molecule has 142 valence electrons. The number of hydrogen-bond acceptors (Lipinski definition) is 3. The summed E-state index contributed by atoms with van der Waals surface area (Å²) >= 11 is 0. The molecule has 1 N–H and O–H groups in total. The molecule has 5 nitrogen and oxygen atoms in total. The maximum Gasteiger partial charge on any atom is 0.240 e. The molecule has 0 atom stereocenters. The summed E-state index contributed by atoms with van der Waals surface area (Å²) in [7, 11) is -3.60. The fraction of sp³-hybridized carbons (Fsp3) is 0.250. The molecule has 3 aromatic rings. The van der Waals surface area contributed by atoms with E-state index in [0.29, 0.717) is 11.6 Å². The Morgan fingerprint density at radius 3 is 2.37 bits per heavy atom. The van der Waals surface area contributed by atoms with E-state index in [0.717, 1.165) is 17.8 Å². The van der Waals surface area contributed by atoms with Gasteiger partial charge in [0.05, 0.1) is 22.8 Å². The van der Waals surface area contributed by atoms with Crippen LogP contribution in [0.15, 0.2) is 65.6 Å². The molecule has 0 spiro atoms. The summed E-state index contributed by atoms with van der Waals surface area (Å²) in [5.74, 6) is 0.0851. The topological polar surface area (TPSA) is 64.0 Å². The molecule has 0 bridgehead atoms. The number of nitrogens with zero attached hydrogens (tertiary/aromatic N) is 2. The third-order valence-electron chi connectivity index (χ3n) is 4.02. The van der Waals surface area contributed by atoms with Gasteiger partial charge in [-0.15, -0.1) is 0 Å². The first-order valence-electron chi connectivity index (χ1n) is 8.73. The molecule has 3 rings (SSSR count). The number of hydrogen-bond donors (Lipinski definition) is 1. The minimum Gasteiger partial charge on any atom is -0.237 e. The SMILES string of the molecule is CC(C)Cc1cc(CNS(=O)(=O)c2ccccc2)nn1-c1ccc(F)cc1. The standard InChI is InChI=1S/C20H22FN3O2S/c1-15(2)12-19-13-17(23-24(19)18-10-8-16(21)9-11-18)14-22-27(25,26)20-6-4-3-5-7-20/h3-11,13,15,22H,12,14H2,1-2H3. The summed E-state index contributed by atoms with van der Waals surface area (Å²) in [5, 5.41) is 4.53. The Kier molecular flexibility index (Phi) is 5.72. The zero-order chi connectivity index (χ0) is 19.4. The smallest absolute Gasteiger partial charge is 0.237 e.